The van der Waals surface area contributed by atoms with E-state index in [1.54, 1.807) is 45.3 Å². The minimum atomic E-state index is 0.625. The van der Waals surface area contributed by atoms with Gasteiger partial charge in [0.1, 0.15) is 41.0 Å². The zero-order valence-electron chi connectivity index (χ0n) is 42.2. The Morgan fingerprint density at radius 1 is 0.338 bits per heavy atom. The second kappa shape index (κ2) is 30.9. The molecule has 6 aromatic heterocycles. The molecule has 0 saturated heterocycles. The maximum atomic E-state index is 6.78. The van der Waals surface area contributed by atoms with Gasteiger partial charge in [0.05, 0.1) is 26.4 Å². The van der Waals surface area contributed by atoms with Crippen molar-refractivity contribution in [2.75, 3.05) is 26.4 Å². The van der Waals surface area contributed by atoms with E-state index < -0.39 is 0 Å². The monoisotopic (exact) mass is 1040 g/mol. The first-order valence-corrected chi connectivity index (χ1v) is 31.3. The molecule has 0 aliphatic rings. The maximum absolute atomic E-state index is 6.78. The van der Waals surface area contributed by atoms with Gasteiger partial charge < -0.3 is 18.9 Å². The molecule has 0 aromatic carbocycles. The molecule has 0 atom stereocenters. The molecule has 0 saturated carbocycles. The van der Waals surface area contributed by atoms with E-state index >= 15 is 0 Å². The van der Waals surface area contributed by atoms with E-state index in [1.807, 2.05) is 22.7 Å². The molecule has 6 nitrogen and oxygen atoms in total. The summed E-state index contributed by atoms with van der Waals surface area (Å²) in [5.74, 6) is 3.18. The van der Waals surface area contributed by atoms with Gasteiger partial charge in [-0.05, 0) is 69.9 Å². The van der Waals surface area contributed by atoms with Crippen molar-refractivity contribution >= 4 is 68.0 Å². The van der Waals surface area contributed by atoms with Crippen LogP contribution in [0.25, 0.3) is 49.0 Å². The lowest BCUT2D eigenvalue weighted by molar-refractivity contribution is 0.292. The van der Waals surface area contributed by atoms with Crippen molar-refractivity contribution in [3.63, 3.8) is 0 Å². The number of thiophene rings is 4. The first-order chi connectivity index (χ1) is 33.4. The van der Waals surface area contributed by atoms with Crippen molar-refractivity contribution in [1.82, 2.24) is 9.97 Å². The summed E-state index contributed by atoms with van der Waals surface area (Å²) in [5, 5.41) is 1.85. The Balaban J connectivity index is 1.35. The predicted octanol–water partition coefficient (Wildman–Crippen LogP) is 20.8. The second-order valence-electron chi connectivity index (χ2n) is 18.2. The fraction of sp³-hybridized carbons (Fsp3) is 0.607. The Morgan fingerprint density at radius 3 is 1.18 bits per heavy atom. The highest BCUT2D eigenvalue weighted by Crippen LogP contribution is 2.54. The molecule has 6 heterocycles. The quantitative estimate of drug-likeness (QED) is 0.0362. The molecule has 68 heavy (non-hydrogen) atoms. The number of hydrogen-bond donors (Lipinski definition) is 0. The molecular weight excluding hydrogens is 957 g/mol. The Kier molecular flexibility index (Phi) is 24.8. The van der Waals surface area contributed by atoms with E-state index in [0.29, 0.717) is 31.6 Å². The molecule has 0 amide bonds. The topological polar surface area (TPSA) is 62.7 Å². The minimum Gasteiger partial charge on any atom is -0.492 e. The van der Waals surface area contributed by atoms with Gasteiger partial charge in [0.25, 0.3) is 0 Å². The third kappa shape index (κ3) is 17.2. The Bertz CT molecular complexity index is 2290. The van der Waals surface area contributed by atoms with Crippen LogP contribution >= 0.6 is 68.0 Å². The largest absolute Gasteiger partial charge is 0.492 e. The lowest BCUT2D eigenvalue weighted by atomic mass is 10.1. The number of aryl methyl sites for hydroxylation is 2. The third-order valence-electron chi connectivity index (χ3n) is 12.1. The van der Waals surface area contributed by atoms with Crippen LogP contribution in [-0.2, 0) is 0 Å². The predicted molar refractivity (Wildman–Crippen MR) is 301 cm³/mol. The lowest BCUT2D eigenvalue weighted by Gasteiger charge is -2.07. The number of aromatic nitrogens is 2. The standard InChI is InChI=1S/C56H80N2O4S6/c1-7-11-15-19-23-27-35-59-43-39-42(6)64-49(43)55-57-53(61-37-29-25-21-17-13-9-3)51(67-55)52-54(62-38-30-26-22-18-14-10-4)58-56(68-52)50-44(60-36-28-24-20-16-12-8-2)40-48(66-50)47-34-33-46(65-47)45-32-31-41(5)63-45/h31-34,39-40H,7-30,35-38H2,1-6H3. The zero-order valence-corrected chi connectivity index (χ0v) is 47.1. The van der Waals surface area contributed by atoms with E-state index in [1.165, 1.54) is 145 Å². The number of unbranched alkanes of at least 4 members (excludes halogenated alkanes) is 20. The van der Waals surface area contributed by atoms with Gasteiger partial charge in [-0.2, -0.15) is 0 Å². The van der Waals surface area contributed by atoms with Crippen LogP contribution in [0.1, 0.15) is 192 Å². The molecule has 0 aliphatic carbocycles. The molecular formula is C56H80N2O4S6. The van der Waals surface area contributed by atoms with E-state index in [4.69, 9.17) is 28.9 Å². The molecule has 0 fully saturated rings. The summed E-state index contributed by atoms with van der Waals surface area (Å²) >= 11 is 10.6. The van der Waals surface area contributed by atoms with Gasteiger partial charge in [-0.1, -0.05) is 156 Å². The molecule has 0 radical (unpaired) electrons. The number of thiazole rings is 2. The van der Waals surface area contributed by atoms with Gasteiger partial charge in [0.2, 0.25) is 11.8 Å². The van der Waals surface area contributed by atoms with Crippen LogP contribution in [0.3, 0.4) is 0 Å². The molecule has 0 N–H and O–H groups in total. The summed E-state index contributed by atoms with van der Waals surface area (Å²) < 4.78 is 26.8. The number of rotatable bonds is 37. The molecule has 0 aliphatic heterocycles. The number of ether oxygens (including phenoxy) is 4. The normalized spacial score (nSPS) is 11.6. The van der Waals surface area contributed by atoms with E-state index in [-0.39, 0.29) is 0 Å². The molecule has 0 unspecified atom stereocenters. The van der Waals surface area contributed by atoms with Gasteiger partial charge in [0.15, 0.2) is 0 Å². The molecule has 6 rings (SSSR count). The summed E-state index contributed by atoms with van der Waals surface area (Å²) in [4.78, 5) is 22.5. The van der Waals surface area contributed by atoms with Crippen LogP contribution < -0.4 is 18.9 Å². The second-order valence-corrected chi connectivity index (χ2v) is 24.9. The molecule has 0 bridgehead atoms. The van der Waals surface area contributed by atoms with Crippen molar-refractivity contribution in [3.8, 4) is 72.3 Å². The average molecular weight is 1040 g/mol. The van der Waals surface area contributed by atoms with Gasteiger partial charge in [-0.25, -0.2) is 9.97 Å². The highest BCUT2D eigenvalue weighted by molar-refractivity contribution is 7.30. The van der Waals surface area contributed by atoms with Crippen molar-refractivity contribution in [2.45, 2.75) is 196 Å². The van der Waals surface area contributed by atoms with Crippen LogP contribution in [0.4, 0.5) is 0 Å². The van der Waals surface area contributed by atoms with E-state index in [9.17, 15) is 0 Å². The Morgan fingerprint density at radius 2 is 0.721 bits per heavy atom. The molecule has 6 aromatic rings. The molecule has 374 valence electrons. The summed E-state index contributed by atoms with van der Waals surface area (Å²) in [6, 6.07) is 13.4. The third-order valence-corrected chi connectivity index (χ3v) is 19.3. The lowest BCUT2D eigenvalue weighted by Crippen LogP contribution is -2.00. The average Bonchev–Trinajstić information content (AvgIpc) is 4.21. The van der Waals surface area contributed by atoms with Gasteiger partial charge >= 0.3 is 0 Å². The van der Waals surface area contributed by atoms with E-state index in [2.05, 4.69) is 77.9 Å². The van der Waals surface area contributed by atoms with Crippen molar-refractivity contribution in [1.29, 1.82) is 0 Å². The molecule has 12 heteroatoms. The number of hydrogen-bond acceptors (Lipinski definition) is 12. The van der Waals surface area contributed by atoms with Crippen LogP contribution in [0.5, 0.6) is 23.3 Å². The first kappa shape index (κ1) is 54.6. The van der Waals surface area contributed by atoms with Crippen LogP contribution in [-0.4, -0.2) is 36.4 Å². The van der Waals surface area contributed by atoms with Crippen LogP contribution in [0, 0.1) is 13.8 Å². The Hall–Kier alpha value is -2.74. The highest BCUT2D eigenvalue weighted by Gasteiger charge is 2.28. The maximum Gasteiger partial charge on any atom is 0.234 e. The van der Waals surface area contributed by atoms with Gasteiger partial charge in [-0.15, -0.1) is 68.0 Å². The van der Waals surface area contributed by atoms with Crippen molar-refractivity contribution in [3.05, 3.63) is 46.2 Å². The fourth-order valence-electron chi connectivity index (χ4n) is 8.19. The van der Waals surface area contributed by atoms with Gasteiger partial charge in [-0.3, -0.25) is 0 Å². The minimum absolute atomic E-state index is 0.625. The summed E-state index contributed by atoms with van der Waals surface area (Å²) in [6.07, 6.45) is 29.2. The van der Waals surface area contributed by atoms with Crippen LogP contribution in [0.15, 0.2) is 36.4 Å². The fourth-order valence-corrected chi connectivity index (χ4v) is 14.6. The van der Waals surface area contributed by atoms with Crippen LogP contribution in [0.2, 0.25) is 0 Å². The van der Waals surface area contributed by atoms with Crippen molar-refractivity contribution < 1.29 is 18.9 Å². The van der Waals surface area contributed by atoms with Crippen molar-refractivity contribution in [2.24, 2.45) is 0 Å². The van der Waals surface area contributed by atoms with E-state index in [0.717, 1.165) is 86.2 Å². The highest BCUT2D eigenvalue weighted by atomic mass is 32.1. The summed E-state index contributed by atoms with van der Waals surface area (Å²) in [6.45, 7) is 16.1. The van der Waals surface area contributed by atoms with Gasteiger partial charge in [0, 0.05) is 35.3 Å². The summed E-state index contributed by atoms with van der Waals surface area (Å²) in [5.41, 5.74) is 0. The zero-order chi connectivity index (χ0) is 47.8. The smallest absolute Gasteiger partial charge is 0.234 e. The SMILES string of the molecule is CCCCCCCCOc1cc(C)sc1-c1nc(OCCCCCCCC)c(-c2sc(-c3sc(-c4ccc(-c5ccc(C)s5)s4)cc3OCCCCCCCC)nc2OCCCCCCCC)s1. The summed E-state index contributed by atoms with van der Waals surface area (Å²) in [7, 11) is 0. The Labute approximate surface area is 434 Å². The number of nitrogens with zero attached hydrogens (tertiary/aromatic N) is 2. The first-order valence-electron chi connectivity index (χ1n) is 26.4. The molecule has 0 spiro atoms.